The lowest BCUT2D eigenvalue weighted by molar-refractivity contribution is 0.0640. The zero-order valence-corrected chi connectivity index (χ0v) is 8.77. The molecule has 0 N–H and O–H groups in total. The number of hydrogen-bond donors (Lipinski definition) is 0. The first-order chi connectivity index (χ1) is 8.02. The number of halogens is 3. The van der Waals surface area contributed by atoms with Gasteiger partial charge >= 0.3 is 12.2 Å². The van der Waals surface area contributed by atoms with Crippen molar-refractivity contribution in [3.05, 3.63) is 46.4 Å². The summed E-state index contributed by atoms with van der Waals surface area (Å²) in [6.45, 7) is -1.74. The van der Waals surface area contributed by atoms with Crippen LogP contribution in [0.15, 0.2) is 29.1 Å². The van der Waals surface area contributed by atoms with Gasteiger partial charge < -0.3 is 0 Å². The third-order valence-corrected chi connectivity index (χ3v) is 2.26. The number of alkyl halides is 2. The van der Waals surface area contributed by atoms with Crippen molar-refractivity contribution in [1.82, 2.24) is 14.3 Å². The molecule has 0 aliphatic rings. The smallest absolute Gasteiger partial charge is 0.245 e. The lowest BCUT2D eigenvalue weighted by atomic mass is 10.3. The summed E-state index contributed by atoms with van der Waals surface area (Å²) >= 11 is 0. The highest BCUT2D eigenvalue weighted by molar-refractivity contribution is 5.31. The molecular weight excluding hydrogens is 235 g/mol. The van der Waals surface area contributed by atoms with Gasteiger partial charge in [0.05, 0.1) is 0 Å². The van der Waals surface area contributed by atoms with E-state index in [-0.39, 0.29) is 16.1 Å². The summed E-state index contributed by atoms with van der Waals surface area (Å²) in [7, 11) is 0. The lowest BCUT2D eigenvalue weighted by Gasteiger charge is -2.00. The van der Waals surface area contributed by atoms with E-state index in [1.807, 2.05) is 0 Å². The molecule has 0 saturated carbocycles. The van der Waals surface area contributed by atoms with Crippen molar-refractivity contribution in [3.8, 4) is 5.69 Å². The fourth-order valence-corrected chi connectivity index (χ4v) is 1.48. The van der Waals surface area contributed by atoms with E-state index in [4.69, 9.17) is 0 Å². The average molecular weight is 243 g/mol. The van der Waals surface area contributed by atoms with Gasteiger partial charge in [-0.15, -0.1) is 5.10 Å². The molecule has 0 aliphatic carbocycles. The number of aromatic nitrogens is 3. The van der Waals surface area contributed by atoms with Crippen molar-refractivity contribution in [1.29, 1.82) is 0 Å². The Bertz CT molecular complexity index is 603. The van der Waals surface area contributed by atoms with Crippen LogP contribution in [-0.2, 0) is 0 Å². The van der Waals surface area contributed by atoms with Gasteiger partial charge in [0.1, 0.15) is 17.3 Å². The quantitative estimate of drug-likeness (QED) is 0.807. The molecule has 0 unspecified atom stereocenters. The zero-order valence-electron chi connectivity index (χ0n) is 8.77. The van der Waals surface area contributed by atoms with E-state index in [1.54, 1.807) is 0 Å². The van der Waals surface area contributed by atoms with Crippen LogP contribution in [-0.4, -0.2) is 14.3 Å². The number of benzene rings is 1. The summed E-state index contributed by atoms with van der Waals surface area (Å²) in [4.78, 5) is 11.6. The minimum Gasteiger partial charge on any atom is -0.245 e. The molecule has 0 spiro atoms. The van der Waals surface area contributed by atoms with Crippen LogP contribution in [0.3, 0.4) is 0 Å². The van der Waals surface area contributed by atoms with Crippen molar-refractivity contribution in [2.24, 2.45) is 0 Å². The molecule has 1 aromatic carbocycles. The number of hydrogen-bond acceptors (Lipinski definition) is 2. The second-order valence-electron chi connectivity index (χ2n) is 3.34. The van der Waals surface area contributed by atoms with E-state index in [0.29, 0.717) is 4.68 Å². The van der Waals surface area contributed by atoms with Crippen molar-refractivity contribution in [3.63, 3.8) is 0 Å². The van der Waals surface area contributed by atoms with Crippen molar-refractivity contribution in [2.45, 2.75) is 13.5 Å². The summed E-state index contributed by atoms with van der Waals surface area (Å²) in [5.74, 6) is -0.873. The molecule has 0 amide bonds. The van der Waals surface area contributed by atoms with Crippen LogP contribution < -0.4 is 5.69 Å². The zero-order chi connectivity index (χ0) is 12.6. The van der Waals surface area contributed by atoms with E-state index >= 15 is 0 Å². The van der Waals surface area contributed by atoms with Crippen LogP contribution in [0.1, 0.15) is 12.4 Å². The lowest BCUT2D eigenvalue weighted by Crippen LogP contribution is -2.25. The largest absolute Gasteiger partial charge is 0.355 e. The molecule has 1 heterocycles. The molecule has 2 aromatic rings. The maximum Gasteiger partial charge on any atom is 0.355 e. The van der Waals surface area contributed by atoms with Crippen LogP contribution in [0.2, 0.25) is 0 Å². The molecule has 0 aliphatic heterocycles. The summed E-state index contributed by atoms with van der Waals surface area (Å²) in [5.41, 5.74) is -1.22. The molecule has 0 atom stereocenters. The molecule has 0 saturated heterocycles. The van der Waals surface area contributed by atoms with Gasteiger partial charge in [-0.3, -0.25) is 0 Å². The topological polar surface area (TPSA) is 39.8 Å². The number of rotatable bonds is 2. The van der Waals surface area contributed by atoms with Crippen molar-refractivity contribution >= 4 is 0 Å². The Labute approximate surface area is 93.9 Å². The summed E-state index contributed by atoms with van der Waals surface area (Å²) in [6.07, 6.45) is 0. The Balaban J connectivity index is 2.67. The highest BCUT2D eigenvalue weighted by atomic mass is 19.3. The van der Waals surface area contributed by atoms with E-state index in [0.717, 1.165) is 6.07 Å². The minimum absolute atomic E-state index is 0.153. The number of nitrogens with zero attached hydrogens (tertiary/aromatic N) is 3. The van der Waals surface area contributed by atoms with E-state index in [9.17, 15) is 18.0 Å². The maximum atomic E-state index is 13.4. The first-order valence-corrected chi connectivity index (χ1v) is 4.73. The van der Waals surface area contributed by atoms with Gasteiger partial charge in [0.2, 0.25) is 0 Å². The third kappa shape index (κ3) is 1.83. The predicted molar refractivity (Wildman–Crippen MR) is 53.8 cm³/mol. The van der Waals surface area contributed by atoms with Gasteiger partial charge in [0.25, 0.3) is 0 Å². The van der Waals surface area contributed by atoms with Crippen LogP contribution in [0.4, 0.5) is 13.2 Å². The van der Waals surface area contributed by atoms with Crippen LogP contribution in [0.5, 0.6) is 0 Å². The second kappa shape index (κ2) is 4.08. The minimum atomic E-state index is -3.00. The molecule has 2 rings (SSSR count). The van der Waals surface area contributed by atoms with Crippen molar-refractivity contribution < 1.29 is 13.2 Å². The number of aryl methyl sites for hydroxylation is 1. The standard InChI is InChI=1S/C10H8F3N3O/c1-6-14-16(10(17)15(6)9(12)13)8-5-3-2-4-7(8)11/h2-5,9H,1H3. The molecule has 0 fully saturated rings. The summed E-state index contributed by atoms with van der Waals surface area (Å²) in [6, 6.07) is 5.33. The van der Waals surface area contributed by atoms with Crippen LogP contribution in [0, 0.1) is 12.7 Å². The van der Waals surface area contributed by atoms with Crippen LogP contribution in [0.25, 0.3) is 5.69 Å². The Morgan fingerprint density at radius 1 is 1.29 bits per heavy atom. The average Bonchev–Trinajstić information content (AvgIpc) is 2.55. The normalized spacial score (nSPS) is 11.1. The van der Waals surface area contributed by atoms with Gasteiger partial charge in [-0.2, -0.15) is 13.5 Å². The highest BCUT2D eigenvalue weighted by Gasteiger charge is 2.19. The monoisotopic (exact) mass is 243 g/mol. The summed E-state index contributed by atoms with van der Waals surface area (Å²) in [5, 5.41) is 3.61. The molecule has 4 nitrogen and oxygen atoms in total. The second-order valence-corrected chi connectivity index (χ2v) is 3.34. The molecule has 0 radical (unpaired) electrons. The van der Waals surface area contributed by atoms with E-state index in [2.05, 4.69) is 5.10 Å². The maximum absolute atomic E-state index is 13.4. The van der Waals surface area contributed by atoms with Gasteiger partial charge in [-0.1, -0.05) is 12.1 Å². The molecular formula is C10H8F3N3O. The van der Waals surface area contributed by atoms with Gasteiger partial charge in [0.15, 0.2) is 0 Å². The fraction of sp³-hybridized carbons (Fsp3) is 0.200. The molecule has 1 aromatic heterocycles. The SMILES string of the molecule is Cc1nn(-c2ccccc2F)c(=O)n1C(F)F. The summed E-state index contributed by atoms with van der Waals surface area (Å²) < 4.78 is 39.3. The Morgan fingerprint density at radius 3 is 2.47 bits per heavy atom. The van der Waals surface area contributed by atoms with E-state index < -0.39 is 18.1 Å². The Kier molecular flexibility index (Phi) is 2.74. The molecule has 90 valence electrons. The van der Waals surface area contributed by atoms with Gasteiger partial charge in [-0.05, 0) is 19.1 Å². The Morgan fingerprint density at radius 2 is 1.94 bits per heavy atom. The highest BCUT2D eigenvalue weighted by Crippen LogP contribution is 2.13. The third-order valence-electron chi connectivity index (χ3n) is 2.26. The Hall–Kier alpha value is -2.05. The van der Waals surface area contributed by atoms with E-state index in [1.165, 1.54) is 25.1 Å². The first kappa shape index (κ1) is 11.4. The fourth-order valence-electron chi connectivity index (χ4n) is 1.48. The van der Waals surface area contributed by atoms with Crippen LogP contribution >= 0.6 is 0 Å². The molecule has 7 heteroatoms. The number of para-hydroxylation sites is 1. The first-order valence-electron chi connectivity index (χ1n) is 4.73. The molecule has 17 heavy (non-hydrogen) atoms. The van der Waals surface area contributed by atoms with Gasteiger partial charge in [0, 0.05) is 0 Å². The van der Waals surface area contributed by atoms with Crippen molar-refractivity contribution in [2.75, 3.05) is 0 Å². The predicted octanol–water partition coefficient (Wildman–Crippen LogP) is 1.88. The van der Waals surface area contributed by atoms with Gasteiger partial charge in [-0.25, -0.2) is 13.8 Å². The molecule has 0 bridgehead atoms.